The minimum atomic E-state index is -3.65. The van der Waals surface area contributed by atoms with Crippen LogP contribution in [0.25, 0.3) is 0 Å². The topological polar surface area (TPSA) is 55.4 Å². The van der Waals surface area contributed by atoms with Gasteiger partial charge in [0.2, 0.25) is 10.0 Å². The van der Waals surface area contributed by atoms with Crippen LogP contribution in [0.1, 0.15) is 13.8 Å². The van der Waals surface area contributed by atoms with Crippen molar-refractivity contribution in [2.45, 2.75) is 24.8 Å². The van der Waals surface area contributed by atoms with Gasteiger partial charge in [-0.15, -0.1) is 0 Å². The maximum atomic E-state index is 13.3. The van der Waals surface area contributed by atoms with Crippen LogP contribution in [0.4, 0.5) is 4.39 Å². The Balaban J connectivity index is 3.10. The highest BCUT2D eigenvalue weighted by atomic mass is 32.2. The predicted octanol–water partition coefficient (Wildman–Crippen LogP) is 1.52. The van der Waals surface area contributed by atoms with Crippen LogP contribution in [-0.4, -0.2) is 21.6 Å². The zero-order valence-corrected chi connectivity index (χ0v) is 10.1. The Bertz CT molecular complexity index is 471. The van der Waals surface area contributed by atoms with Gasteiger partial charge in [0.25, 0.3) is 0 Å². The summed E-state index contributed by atoms with van der Waals surface area (Å²) in [6, 6.07) is 3.27. The molecule has 0 bridgehead atoms. The largest absolute Gasteiger partial charge is 0.494 e. The first-order chi connectivity index (χ1) is 7.36. The zero-order chi connectivity index (χ0) is 12.3. The lowest BCUT2D eigenvalue weighted by Gasteiger charge is -2.10. The summed E-state index contributed by atoms with van der Waals surface area (Å²) in [6.45, 7) is 3.38. The Morgan fingerprint density at radius 1 is 1.38 bits per heavy atom. The summed E-state index contributed by atoms with van der Waals surface area (Å²) >= 11 is 0. The zero-order valence-electron chi connectivity index (χ0n) is 9.32. The van der Waals surface area contributed by atoms with E-state index in [0.717, 1.165) is 6.07 Å². The van der Waals surface area contributed by atoms with E-state index in [1.807, 2.05) is 0 Å². The van der Waals surface area contributed by atoms with E-state index in [9.17, 15) is 12.8 Å². The van der Waals surface area contributed by atoms with Crippen molar-refractivity contribution in [1.82, 2.24) is 4.72 Å². The smallest absolute Gasteiger partial charge is 0.240 e. The minimum absolute atomic E-state index is 0.0171. The highest BCUT2D eigenvalue weighted by Gasteiger charge is 2.17. The fourth-order valence-electron chi connectivity index (χ4n) is 1.19. The number of hydrogen-bond donors (Lipinski definition) is 1. The van der Waals surface area contributed by atoms with E-state index in [0.29, 0.717) is 0 Å². The first-order valence-corrected chi connectivity index (χ1v) is 6.21. The average molecular weight is 247 g/mol. The van der Waals surface area contributed by atoms with Crippen LogP contribution in [0.15, 0.2) is 23.1 Å². The van der Waals surface area contributed by atoms with Crippen molar-refractivity contribution in [3.05, 3.63) is 24.0 Å². The van der Waals surface area contributed by atoms with E-state index in [2.05, 4.69) is 4.72 Å². The van der Waals surface area contributed by atoms with Gasteiger partial charge in [-0.2, -0.15) is 0 Å². The van der Waals surface area contributed by atoms with Crippen LogP contribution in [0.2, 0.25) is 0 Å². The van der Waals surface area contributed by atoms with Gasteiger partial charge in [-0.25, -0.2) is 17.5 Å². The van der Waals surface area contributed by atoms with E-state index in [-0.39, 0.29) is 16.7 Å². The predicted molar refractivity (Wildman–Crippen MR) is 58.4 cm³/mol. The van der Waals surface area contributed by atoms with Crippen LogP contribution >= 0.6 is 0 Å². The Labute approximate surface area is 94.5 Å². The Kier molecular flexibility index (Phi) is 3.88. The summed E-state index contributed by atoms with van der Waals surface area (Å²) < 4.78 is 43.7. The van der Waals surface area contributed by atoms with E-state index in [4.69, 9.17) is 4.74 Å². The molecule has 1 rings (SSSR count). The lowest BCUT2D eigenvalue weighted by molar-refractivity contribution is 0.385. The number of methoxy groups -OCH3 is 1. The van der Waals surface area contributed by atoms with Gasteiger partial charge in [0.1, 0.15) is 0 Å². The molecule has 16 heavy (non-hydrogen) atoms. The standard InChI is InChI=1S/C10H14FNO3S/c1-7(2)12-16(13,14)8-4-5-10(15-3)9(11)6-8/h4-7,12H,1-3H3. The second-order valence-electron chi connectivity index (χ2n) is 3.57. The van der Waals surface area contributed by atoms with Gasteiger partial charge in [-0.3, -0.25) is 0 Å². The molecular weight excluding hydrogens is 233 g/mol. The number of halogens is 1. The van der Waals surface area contributed by atoms with Crippen LogP contribution in [0, 0.1) is 5.82 Å². The van der Waals surface area contributed by atoms with Crippen molar-refractivity contribution in [2.75, 3.05) is 7.11 Å². The van der Waals surface area contributed by atoms with Crippen LogP contribution in [0.3, 0.4) is 0 Å². The highest BCUT2D eigenvalue weighted by Crippen LogP contribution is 2.20. The molecule has 1 aromatic rings. The van der Waals surface area contributed by atoms with E-state index in [1.165, 1.54) is 19.2 Å². The monoisotopic (exact) mass is 247 g/mol. The molecule has 1 aromatic carbocycles. The molecule has 6 heteroatoms. The van der Waals surface area contributed by atoms with Gasteiger partial charge in [0, 0.05) is 6.04 Å². The van der Waals surface area contributed by atoms with Gasteiger partial charge in [0.15, 0.2) is 11.6 Å². The van der Waals surface area contributed by atoms with Gasteiger partial charge in [-0.1, -0.05) is 0 Å². The highest BCUT2D eigenvalue weighted by molar-refractivity contribution is 7.89. The van der Waals surface area contributed by atoms with Crippen LogP contribution in [-0.2, 0) is 10.0 Å². The summed E-state index contributed by atoms with van der Waals surface area (Å²) in [5, 5.41) is 0. The number of hydrogen-bond acceptors (Lipinski definition) is 3. The summed E-state index contributed by atoms with van der Waals surface area (Å²) in [4.78, 5) is -0.112. The van der Waals surface area contributed by atoms with Gasteiger partial charge in [0.05, 0.1) is 12.0 Å². The van der Waals surface area contributed by atoms with Crippen LogP contribution in [0.5, 0.6) is 5.75 Å². The number of ether oxygens (including phenoxy) is 1. The molecule has 0 aliphatic carbocycles. The van der Waals surface area contributed by atoms with Crippen molar-refractivity contribution in [2.24, 2.45) is 0 Å². The van der Waals surface area contributed by atoms with Gasteiger partial charge >= 0.3 is 0 Å². The molecule has 0 saturated carbocycles. The quantitative estimate of drug-likeness (QED) is 0.877. The molecular formula is C10H14FNO3S. The molecule has 0 atom stereocenters. The molecule has 4 nitrogen and oxygen atoms in total. The van der Waals surface area contributed by atoms with Crippen molar-refractivity contribution < 1.29 is 17.5 Å². The maximum Gasteiger partial charge on any atom is 0.240 e. The van der Waals surface area contributed by atoms with E-state index in [1.54, 1.807) is 13.8 Å². The first kappa shape index (κ1) is 12.9. The fraction of sp³-hybridized carbons (Fsp3) is 0.400. The van der Waals surface area contributed by atoms with E-state index < -0.39 is 15.8 Å². The van der Waals surface area contributed by atoms with E-state index >= 15 is 0 Å². The molecule has 0 aliphatic heterocycles. The third-order valence-electron chi connectivity index (χ3n) is 1.82. The number of benzene rings is 1. The summed E-state index contributed by atoms with van der Waals surface area (Å²) in [5.74, 6) is -0.683. The summed E-state index contributed by atoms with van der Waals surface area (Å²) in [7, 11) is -2.33. The van der Waals surface area contributed by atoms with Crippen LogP contribution < -0.4 is 9.46 Å². The summed E-state index contributed by atoms with van der Waals surface area (Å²) in [6.07, 6.45) is 0. The Morgan fingerprint density at radius 3 is 2.44 bits per heavy atom. The Morgan fingerprint density at radius 2 is 2.00 bits per heavy atom. The average Bonchev–Trinajstić information content (AvgIpc) is 2.15. The lowest BCUT2D eigenvalue weighted by Crippen LogP contribution is -2.30. The fourth-order valence-corrected chi connectivity index (χ4v) is 2.46. The lowest BCUT2D eigenvalue weighted by atomic mass is 10.3. The van der Waals surface area contributed by atoms with Gasteiger partial charge in [-0.05, 0) is 32.0 Å². The molecule has 90 valence electrons. The van der Waals surface area contributed by atoms with Crippen molar-refractivity contribution in [3.8, 4) is 5.75 Å². The molecule has 0 spiro atoms. The molecule has 0 aromatic heterocycles. The third kappa shape index (κ3) is 2.93. The molecule has 0 aliphatic rings. The SMILES string of the molecule is COc1ccc(S(=O)(=O)NC(C)C)cc1F. The third-order valence-corrected chi connectivity index (χ3v) is 3.48. The molecule has 0 saturated heterocycles. The molecule has 0 fully saturated rings. The van der Waals surface area contributed by atoms with Crippen molar-refractivity contribution in [1.29, 1.82) is 0 Å². The van der Waals surface area contributed by atoms with Crippen molar-refractivity contribution >= 4 is 10.0 Å². The second kappa shape index (κ2) is 4.80. The molecule has 0 amide bonds. The van der Waals surface area contributed by atoms with Crippen molar-refractivity contribution in [3.63, 3.8) is 0 Å². The maximum absolute atomic E-state index is 13.3. The Hall–Kier alpha value is -1.14. The van der Waals surface area contributed by atoms with Gasteiger partial charge < -0.3 is 4.74 Å². The second-order valence-corrected chi connectivity index (χ2v) is 5.29. The minimum Gasteiger partial charge on any atom is -0.494 e. The molecule has 0 radical (unpaired) electrons. The molecule has 0 unspecified atom stereocenters. The first-order valence-electron chi connectivity index (χ1n) is 4.72. The number of sulfonamides is 1. The number of nitrogens with one attached hydrogen (secondary N) is 1. The normalized spacial score (nSPS) is 11.8. The summed E-state index contributed by atoms with van der Waals surface area (Å²) in [5.41, 5.74) is 0. The molecule has 1 N–H and O–H groups in total. The number of rotatable bonds is 4. The molecule has 0 heterocycles.